The largest absolute Gasteiger partial charge is 0.361 e. The van der Waals surface area contributed by atoms with E-state index in [1.54, 1.807) is 37.3 Å². The second-order valence-electron chi connectivity index (χ2n) is 5.23. The van der Waals surface area contributed by atoms with E-state index >= 15 is 0 Å². The van der Waals surface area contributed by atoms with Crippen LogP contribution < -0.4 is 5.32 Å². The van der Waals surface area contributed by atoms with Gasteiger partial charge in [-0.15, -0.1) is 0 Å². The van der Waals surface area contributed by atoms with Crippen LogP contribution in [-0.2, 0) is 21.1 Å². The van der Waals surface area contributed by atoms with E-state index in [4.69, 9.17) is 4.52 Å². The number of hydrogen-bond acceptors (Lipinski definition) is 5. The van der Waals surface area contributed by atoms with Gasteiger partial charge in [-0.25, -0.2) is 8.42 Å². The van der Waals surface area contributed by atoms with Gasteiger partial charge < -0.3 is 9.84 Å². The molecule has 0 aliphatic carbocycles. The summed E-state index contributed by atoms with van der Waals surface area (Å²) in [5.74, 6) is 0.171. The predicted molar refractivity (Wildman–Crippen MR) is 82.0 cm³/mol. The highest BCUT2D eigenvalue weighted by Gasteiger charge is 2.20. The quantitative estimate of drug-likeness (QED) is 0.869. The number of aromatic nitrogens is 1. The predicted octanol–water partition coefficient (Wildman–Crippen LogP) is 1.43. The van der Waals surface area contributed by atoms with E-state index in [0.29, 0.717) is 11.5 Å². The summed E-state index contributed by atoms with van der Waals surface area (Å²) in [6.07, 6.45) is 1.19. The van der Waals surface area contributed by atoms with Gasteiger partial charge in [-0.2, -0.15) is 0 Å². The molecule has 7 heteroatoms. The van der Waals surface area contributed by atoms with Crippen LogP contribution in [0.25, 0.3) is 0 Å². The monoisotopic (exact) mass is 322 g/mol. The Morgan fingerprint density at radius 3 is 2.55 bits per heavy atom. The molecule has 0 saturated carbocycles. The van der Waals surface area contributed by atoms with Crippen LogP contribution in [0.4, 0.5) is 0 Å². The van der Waals surface area contributed by atoms with Gasteiger partial charge in [0.25, 0.3) is 0 Å². The first-order valence-electron chi connectivity index (χ1n) is 6.78. The molecule has 0 aliphatic heterocycles. The molecule has 0 aliphatic rings. The summed E-state index contributed by atoms with van der Waals surface area (Å²) < 4.78 is 28.1. The summed E-state index contributed by atoms with van der Waals surface area (Å²) in [7, 11) is -3.23. The molecule has 2 rings (SSSR count). The molecule has 0 bridgehead atoms. The van der Waals surface area contributed by atoms with E-state index < -0.39 is 15.9 Å². The lowest BCUT2D eigenvalue weighted by Crippen LogP contribution is -2.34. The van der Waals surface area contributed by atoms with Gasteiger partial charge in [0, 0.05) is 12.3 Å². The fourth-order valence-electron chi connectivity index (χ4n) is 2.12. The molecule has 1 N–H and O–H groups in total. The summed E-state index contributed by atoms with van der Waals surface area (Å²) >= 11 is 0. The van der Waals surface area contributed by atoms with Gasteiger partial charge in [-0.3, -0.25) is 4.79 Å². The molecule has 0 radical (unpaired) electrons. The highest BCUT2D eigenvalue weighted by atomic mass is 32.2. The van der Waals surface area contributed by atoms with Crippen molar-refractivity contribution in [3.05, 3.63) is 53.4 Å². The Balaban J connectivity index is 2.10. The lowest BCUT2D eigenvalue weighted by atomic mass is 10.1. The van der Waals surface area contributed by atoms with Gasteiger partial charge in [0.1, 0.15) is 15.6 Å². The number of benzene rings is 1. The number of nitrogens with one attached hydrogen (secondary N) is 1. The van der Waals surface area contributed by atoms with Crippen molar-refractivity contribution >= 4 is 15.7 Å². The second kappa shape index (κ2) is 6.74. The minimum Gasteiger partial charge on any atom is -0.361 e. The molecule has 1 heterocycles. The lowest BCUT2D eigenvalue weighted by molar-refractivity contribution is -0.121. The Hall–Kier alpha value is -2.15. The van der Waals surface area contributed by atoms with Crippen molar-refractivity contribution in [2.45, 2.75) is 19.4 Å². The zero-order valence-electron chi connectivity index (χ0n) is 12.4. The number of hydrogen-bond donors (Lipinski definition) is 1. The van der Waals surface area contributed by atoms with Crippen LogP contribution in [0.1, 0.15) is 23.1 Å². The summed E-state index contributed by atoms with van der Waals surface area (Å²) in [5, 5.41) is 6.50. The third-order valence-electron chi connectivity index (χ3n) is 3.03. The Morgan fingerprint density at radius 1 is 1.32 bits per heavy atom. The molecule has 1 amide bonds. The molecular weight excluding hydrogens is 304 g/mol. The fourth-order valence-corrected chi connectivity index (χ4v) is 3.00. The van der Waals surface area contributed by atoms with E-state index in [1.165, 1.54) is 0 Å². The molecule has 1 atom stereocenters. The maximum absolute atomic E-state index is 12.1. The summed E-state index contributed by atoms with van der Waals surface area (Å²) in [4.78, 5) is 12.1. The minimum absolute atomic E-state index is 0.0461. The Bertz CT molecular complexity index is 738. The average Bonchev–Trinajstić information content (AvgIpc) is 2.82. The van der Waals surface area contributed by atoms with Crippen LogP contribution in [0.5, 0.6) is 0 Å². The zero-order valence-corrected chi connectivity index (χ0v) is 13.3. The van der Waals surface area contributed by atoms with Crippen LogP contribution in [0.2, 0.25) is 0 Å². The van der Waals surface area contributed by atoms with Gasteiger partial charge in [0.05, 0.1) is 23.9 Å². The molecule has 22 heavy (non-hydrogen) atoms. The van der Waals surface area contributed by atoms with Gasteiger partial charge in [0.15, 0.2) is 0 Å². The highest BCUT2D eigenvalue weighted by molar-refractivity contribution is 7.90. The first-order valence-corrected chi connectivity index (χ1v) is 8.84. The summed E-state index contributed by atoms with van der Waals surface area (Å²) in [6, 6.07) is 10.1. The van der Waals surface area contributed by atoms with Crippen molar-refractivity contribution in [2.75, 3.05) is 12.0 Å². The van der Waals surface area contributed by atoms with E-state index in [2.05, 4.69) is 10.5 Å². The molecule has 0 fully saturated rings. The maximum atomic E-state index is 12.1. The lowest BCUT2D eigenvalue weighted by Gasteiger charge is -2.18. The highest BCUT2D eigenvalue weighted by Crippen LogP contribution is 2.15. The maximum Gasteiger partial charge on any atom is 0.226 e. The first kappa shape index (κ1) is 16.2. The number of carbonyl (C=O) groups is 1. The molecule has 6 nitrogen and oxygen atoms in total. The topological polar surface area (TPSA) is 89.3 Å². The van der Waals surface area contributed by atoms with Crippen LogP contribution >= 0.6 is 0 Å². The molecule has 0 unspecified atom stereocenters. The van der Waals surface area contributed by atoms with Gasteiger partial charge in [-0.05, 0) is 12.5 Å². The van der Waals surface area contributed by atoms with Crippen LogP contribution in [0.3, 0.4) is 0 Å². The van der Waals surface area contributed by atoms with Crippen molar-refractivity contribution in [2.24, 2.45) is 0 Å². The van der Waals surface area contributed by atoms with Gasteiger partial charge in [-0.1, -0.05) is 35.5 Å². The first-order chi connectivity index (χ1) is 10.3. The third-order valence-corrected chi connectivity index (χ3v) is 3.96. The van der Waals surface area contributed by atoms with E-state index in [1.807, 2.05) is 6.07 Å². The SMILES string of the molecule is Cc1cc(CC(=O)N[C@@H](CS(C)(=O)=O)c2ccccc2)no1. The molecule has 0 spiro atoms. The van der Waals surface area contributed by atoms with Crippen molar-refractivity contribution in [3.8, 4) is 0 Å². The van der Waals surface area contributed by atoms with Crippen LogP contribution in [0, 0.1) is 6.92 Å². The molecule has 1 aromatic heterocycles. The number of rotatable bonds is 6. The van der Waals surface area contributed by atoms with E-state index in [9.17, 15) is 13.2 Å². The Morgan fingerprint density at radius 2 is 2.00 bits per heavy atom. The number of sulfone groups is 1. The minimum atomic E-state index is -3.23. The van der Waals surface area contributed by atoms with Gasteiger partial charge in [0.2, 0.25) is 5.91 Å². The second-order valence-corrected chi connectivity index (χ2v) is 7.41. The van der Waals surface area contributed by atoms with Crippen LogP contribution in [-0.4, -0.2) is 31.5 Å². The summed E-state index contributed by atoms with van der Waals surface area (Å²) in [6.45, 7) is 1.74. The molecule has 0 saturated heterocycles. The van der Waals surface area contributed by atoms with E-state index in [-0.39, 0.29) is 18.1 Å². The smallest absolute Gasteiger partial charge is 0.226 e. The van der Waals surface area contributed by atoms with Crippen molar-refractivity contribution in [1.82, 2.24) is 10.5 Å². The fraction of sp³-hybridized carbons (Fsp3) is 0.333. The number of nitrogens with zero attached hydrogens (tertiary/aromatic N) is 1. The van der Waals surface area contributed by atoms with Crippen molar-refractivity contribution in [3.63, 3.8) is 0 Å². The van der Waals surface area contributed by atoms with Crippen LogP contribution in [0.15, 0.2) is 40.9 Å². The zero-order chi connectivity index (χ0) is 16.2. The number of carbonyl (C=O) groups excluding carboxylic acids is 1. The Kier molecular flexibility index (Phi) is 4.97. The third kappa shape index (κ3) is 5.00. The molecule has 2 aromatic rings. The van der Waals surface area contributed by atoms with Crippen molar-refractivity contribution < 1.29 is 17.7 Å². The average molecular weight is 322 g/mol. The molecule has 1 aromatic carbocycles. The number of aryl methyl sites for hydroxylation is 1. The summed E-state index contributed by atoms with van der Waals surface area (Å²) in [5.41, 5.74) is 1.26. The standard InChI is InChI=1S/C15H18N2O4S/c1-11-8-13(17-21-11)9-15(18)16-14(10-22(2,19)20)12-6-4-3-5-7-12/h3-8,14H,9-10H2,1-2H3,(H,16,18)/t14-/m0/s1. The van der Waals surface area contributed by atoms with E-state index in [0.717, 1.165) is 11.8 Å². The Labute approximate surface area is 129 Å². The molecule has 118 valence electrons. The van der Waals surface area contributed by atoms with Gasteiger partial charge >= 0.3 is 0 Å². The molecular formula is C15H18N2O4S. The normalized spacial score (nSPS) is 12.8. The number of amides is 1. The van der Waals surface area contributed by atoms with Crippen molar-refractivity contribution in [1.29, 1.82) is 0 Å².